The monoisotopic (exact) mass is 203 g/mol. The quantitative estimate of drug-likeness (QED) is 0.591. The third-order valence-electron chi connectivity index (χ3n) is 3.41. The van der Waals surface area contributed by atoms with Crippen LogP contribution in [0.15, 0.2) is 0 Å². The van der Waals surface area contributed by atoms with E-state index in [1.165, 1.54) is 0 Å². The molecule has 2 atom stereocenters. The first-order valence-electron chi connectivity index (χ1n) is 6.03. The molecule has 1 saturated heterocycles. The summed E-state index contributed by atoms with van der Waals surface area (Å²) in [7, 11) is 12.2. The van der Waals surface area contributed by atoms with E-state index in [4.69, 9.17) is 15.7 Å². The normalized spacial score (nSPS) is 32.9. The van der Waals surface area contributed by atoms with Gasteiger partial charge in [0.05, 0.1) is 15.7 Å². The smallest absolute Gasteiger partial charge is 0.0622 e. The fraction of sp³-hybridized carbons (Fsp3) is 1.00. The van der Waals surface area contributed by atoms with Crippen LogP contribution < -0.4 is 0 Å². The Balaban J connectivity index is 2.88. The van der Waals surface area contributed by atoms with Crippen LogP contribution >= 0.6 is 0 Å². The van der Waals surface area contributed by atoms with E-state index in [1.807, 2.05) is 0 Å². The second-order valence-electron chi connectivity index (χ2n) is 6.13. The molecule has 0 aromatic rings. The van der Waals surface area contributed by atoms with Crippen LogP contribution in [-0.2, 0) is 0 Å². The molecule has 0 bridgehead atoms. The summed E-state index contributed by atoms with van der Waals surface area (Å²) in [6.45, 7) is 11.3. The van der Waals surface area contributed by atoms with Gasteiger partial charge in [0.25, 0.3) is 0 Å². The van der Waals surface area contributed by atoms with Crippen LogP contribution in [0.5, 0.6) is 0 Å². The average molecular weight is 203 g/mol. The number of rotatable bonds is 1. The summed E-state index contributed by atoms with van der Waals surface area (Å²) in [4.78, 5) is 2.57. The van der Waals surface area contributed by atoms with Gasteiger partial charge < -0.3 is 0 Å². The molecule has 0 aromatic heterocycles. The van der Waals surface area contributed by atoms with Gasteiger partial charge in [-0.05, 0) is 47.0 Å². The van der Waals surface area contributed by atoms with Gasteiger partial charge in [0, 0.05) is 17.6 Å². The zero-order chi connectivity index (χ0) is 11.9. The summed E-state index contributed by atoms with van der Waals surface area (Å²) in [5, 5.41) is -0.470. The maximum atomic E-state index is 6.09. The van der Waals surface area contributed by atoms with Crippen molar-refractivity contribution in [1.29, 1.82) is 0 Å². The average Bonchev–Trinajstić information content (AvgIpc) is 1.97. The summed E-state index contributed by atoms with van der Waals surface area (Å²) in [6.07, 6.45) is 2.92. The number of likely N-dealkylation sites (tertiary alicyclic amines) is 1. The molecule has 0 saturated carbocycles. The minimum atomic E-state index is -0.470. The molecule has 15 heavy (non-hydrogen) atoms. The topological polar surface area (TPSA) is 3.24 Å². The van der Waals surface area contributed by atoms with Crippen LogP contribution in [-0.4, -0.2) is 38.2 Å². The highest BCUT2D eigenvalue weighted by atomic mass is 15.2. The van der Waals surface area contributed by atoms with Crippen molar-refractivity contribution in [2.24, 2.45) is 0 Å². The summed E-state index contributed by atoms with van der Waals surface area (Å²) in [6, 6.07) is 0.988. The Morgan fingerprint density at radius 2 is 1.80 bits per heavy atom. The second kappa shape index (κ2) is 4.16. The zero-order valence-corrected chi connectivity index (χ0v) is 10.9. The van der Waals surface area contributed by atoms with Gasteiger partial charge >= 0.3 is 0 Å². The van der Waals surface area contributed by atoms with Crippen molar-refractivity contribution in [2.75, 3.05) is 0 Å². The van der Waals surface area contributed by atoms with Crippen LogP contribution in [0.25, 0.3) is 0 Å². The standard InChI is InChI=1S/C12H23B2N/c1-6-10-8-12(13,14)7-9(2)15(10)11(3,4)5/h9-10H,6-8H2,1-5H3. The van der Waals surface area contributed by atoms with E-state index in [2.05, 4.69) is 39.5 Å². The van der Waals surface area contributed by atoms with Crippen LogP contribution in [0.3, 0.4) is 0 Å². The Kier molecular flexibility index (Phi) is 3.65. The van der Waals surface area contributed by atoms with Crippen molar-refractivity contribution in [3.8, 4) is 0 Å². The molecule has 0 amide bonds. The van der Waals surface area contributed by atoms with Crippen molar-refractivity contribution < 1.29 is 0 Å². The first kappa shape index (κ1) is 13.2. The third-order valence-corrected chi connectivity index (χ3v) is 3.41. The molecular weight excluding hydrogens is 180 g/mol. The Morgan fingerprint density at radius 3 is 2.20 bits per heavy atom. The predicted octanol–water partition coefficient (Wildman–Crippen LogP) is 2.50. The molecule has 0 aromatic carbocycles. The second-order valence-corrected chi connectivity index (χ2v) is 6.13. The number of hydrogen-bond acceptors (Lipinski definition) is 1. The molecule has 1 rings (SSSR count). The molecule has 0 aliphatic carbocycles. The highest BCUT2D eigenvalue weighted by molar-refractivity contribution is 6.39. The molecule has 0 N–H and O–H groups in total. The molecule has 1 heterocycles. The molecule has 1 aliphatic heterocycles. The van der Waals surface area contributed by atoms with Gasteiger partial charge in [-0.25, -0.2) is 0 Å². The van der Waals surface area contributed by atoms with Crippen LogP contribution in [0, 0.1) is 0 Å². The Morgan fingerprint density at radius 1 is 1.27 bits per heavy atom. The maximum Gasteiger partial charge on any atom is 0.0622 e. The molecule has 3 heteroatoms. The summed E-state index contributed by atoms with van der Waals surface area (Å²) < 4.78 is 0. The minimum absolute atomic E-state index is 0.205. The lowest BCUT2D eigenvalue weighted by atomic mass is 9.47. The van der Waals surface area contributed by atoms with Gasteiger partial charge in [-0.2, -0.15) is 0 Å². The van der Waals surface area contributed by atoms with E-state index in [9.17, 15) is 0 Å². The SMILES string of the molecule is [B]C1([B])CC(C)N(C(C)(C)C)C(CC)C1. The molecule has 1 aliphatic rings. The van der Waals surface area contributed by atoms with Gasteiger partial charge in [0.2, 0.25) is 0 Å². The summed E-state index contributed by atoms with van der Waals surface area (Å²) >= 11 is 0. The summed E-state index contributed by atoms with van der Waals surface area (Å²) in [5.41, 5.74) is 0.205. The van der Waals surface area contributed by atoms with Crippen molar-refractivity contribution in [3.05, 3.63) is 0 Å². The minimum Gasteiger partial charge on any atom is -0.293 e. The Bertz CT molecular complexity index is 220. The maximum absolute atomic E-state index is 6.09. The Labute approximate surface area is 97.8 Å². The van der Waals surface area contributed by atoms with Gasteiger partial charge in [0.15, 0.2) is 0 Å². The summed E-state index contributed by atoms with van der Waals surface area (Å²) in [5.74, 6) is 0. The molecule has 1 nitrogen and oxygen atoms in total. The lowest BCUT2D eigenvalue weighted by Gasteiger charge is -2.54. The van der Waals surface area contributed by atoms with E-state index in [-0.39, 0.29) is 5.54 Å². The molecule has 0 spiro atoms. The number of hydrogen-bond donors (Lipinski definition) is 0. The van der Waals surface area contributed by atoms with Crippen molar-refractivity contribution in [1.82, 2.24) is 4.90 Å². The number of piperidine rings is 1. The largest absolute Gasteiger partial charge is 0.293 e. The molecule has 82 valence electrons. The third kappa shape index (κ3) is 3.03. The van der Waals surface area contributed by atoms with Crippen LogP contribution in [0.2, 0.25) is 5.21 Å². The van der Waals surface area contributed by atoms with E-state index in [0.29, 0.717) is 12.1 Å². The van der Waals surface area contributed by atoms with Crippen LogP contribution in [0.1, 0.15) is 53.9 Å². The lowest BCUT2D eigenvalue weighted by Crippen LogP contribution is -2.57. The van der Waals surface area contributed by atoms with Gasteiger partial charge in [-0.1, -0.05) is 12.1 Å². The van der Waals surface area contributed by atoms with E-state index in [1.54, 1.807) is 0 Å². The molecule has 1 fully saturated rings. The molecular formula is C12H23B2N. The van der Waals surface area contributed by atoms with Gasteiger partial charge in [-0.15, -0.1) is 0 Å². The fourth-order valence-corrected chi connectivity index (χ4v) is 3.18. The molecule has 4 radical (unpaired) electrons. The van der Waals surface area contributed by atoms with Crippen molar-refractivity contribution >= 4 is 15.7 Å². The van der Waals surface area contributed by atoms with Crippen molar-refractivity contribution in [2.45, 2.75) is 76.7 Å². The lowest BCUT2D eigenvalue weighted by molar-refractivity contribution is 0.00191. The highest BCUT2D eigenvalue weighted by Gasteiger charge is 2.40. The van der Waals surface area contributed by atoms with Crippen molar-refractivity contribution in [3.63, 3.8) is 0 Å². The van der Waals surface area contributed by atoms with Crippen LogP contribution in [0.4, 0.5) is 0 Å². The van der Waals surface area contributed by atoms with Gasteiger partial charge in [-0.3, -0.25) is 4.90 Å². The zero-order valence-electron chi connectivity index (χ0n) is 10.9. The van der Waals surface area contributed by atoms with Gasteiger partial charge in [0.1, 0.15) is 0 Å². The predicted molar refractivity (Wildman–Crippen MR) is 68.6 cm³/mol. The first-order chi connectivity index (χ1) is 6.67. The highest BCUT2D eigenvalue weighted by Crippen LogP contribution is 2.42. The van der Waals surface area contributed by atoms with E-state index >= 15 is 0 Å². The molecule has 2 unspecified atom stereocenters. The number of nitrogens with zero attached hydrogens (tertiary/aromatic N) is 1. The van der Waals surface area contributed by atoms with E-state index < -0.39 is 5.21 Å². The van der Waals surface area contributed by atoms with E-state index in [0.717, 1.165) is 19.3 Å². The first-order valence-corrected chi connectivity index (χ1v) is 6.03. The fourth-order valence-electron chi connectivity index (χ4n) is 3.18. The Hall–Kier alpha value is 0.0899.